The van der Waals surface area contributed by atoms with E-state index in [1.807, 2.05) is 31.2 Å². The Bertz CT molecular complexity index is 1100. The molecule has 1 aromatic heterocycles. The van der Waals surface area contributed by atoms with Crippen LogP contribution in [0.1, 0.15) is 36.9 Å². The molecule has 0 aliphatic carbocycles. The van der Waals surface area contributed by atoms with Gasteiger partial charge in [-0.25, -0.2) is 23.5 Å². The highest BCUT2D eigenvalue weighted by molar-refractivity contribution is 7.89. The zero-order chi connectivity index (χ0) is 20.3. The average molecular weight is 420 g/mol. The third kappa shape index (κ3) is 4.60. The number of primary sulfonamides is 1. The van der Waals surface area contributed by atoms with Crippen LogP contribution in [0.3, 0.4) is 0 Å². The van der Waals surface area contributed by atoms with E-state index in [9.17, 15) is 8.42 Å². The summed E-state index contributed by atoms with van der Waals surface area (Å²) in [6.45, 7) is 2.04. The molecule has 0 saturated carbocycles. The van der Waals surface area contributed by atoms with E-state index >= 15 is 0 Å². The first-order chi connectivity index (χ1) is 13.3. The van der Waals surface area contributed by atoms with Gasteiger partial charge in [0, 0.05) is 5.92 Å². The number of methoxy groups -OCH3 is 1. The molecule has 3 aromatic rings. The summed E-state index contributed by atoms with van der Waals surface area (Å²) in [4.78, 5) is 9.21. The summed E-state index contributed by atoms with van der Waals surface area (Å²) in [6, 6.07) is 12.4. The van der Waals surface area contributed by atoms with Crippen molar-refractivity contribution in [2.75, 3.05) is 7.11 Å². The SMILES string of the molecule is COc1ccc(S(N)(=O)=O)c(CCCC(C)c2nc3ccccc3nc2Cl)c1. The molecule has 1 heterocycles. The number of fused-ring (bicyclic) bond motifs is 1. The highest BCUT2D eigenvalue weighted by Gasteiger charge is 2.17. The van der Waals surface area contributed by atoms with Gasteiger partial charge in [-0.2, -0.15) is 0 Å². The normalized spacial score (nSPS) is 12.9. The van der Waals surface area contributed by atoms with Crippen LogP contribution >= 0.6 is 11.6 Å². The van der Waals surface area contributed by atoms with E-state index in [0.717, 1.165) is 29.6 Å². The topological polar surface area (TPSA) is 95.2 Å². The quantitative estimate of drug-likeness (QED) is 0.622. The summed E-state index contributed by atoms with van der Waals surface area (Å²) in [5.41, 5.74) is 2.96. The van der Waals surface area contributed by atoms with Crippen molar-refractivity contribution in [3.05, 3.63) is 58.9 Å². The summed E-state index contributed by atoms with van der Waals surface area (Å²) in [7, 11) is -2.25. The number of aryl methyl sites for hydroxylation is 1. The first kappa shape index (κ1) is 20.5. The molecule has 0 aliphatic heterocycles. The third-order valence-electron chi connectivity index (χ3n) is 4.68. The van der Waals surface area contributed by atoms with Gasteiger partial charge in [-0.1, -0.05) is 30.7 Å². The highest BCUT2D eigenvalue weighted by Crippen LogP contribution is 2.29. The molecule has 2 aromatic carbocycles. The van der Waals surface area contributed by atoms with Gasteiger partial charge in [0.25, 0.3) is 0 Å². The second-order valence-electron chi connectivity index (χ2n) is 6.70. The predicted molar refractivity (Wildman–Crippen MR) is 110 cm³/mol. The number of benzene rings is 2. The van der Waals surface area contributed by atoms with Gasteiger partial charge >= 0.3 is 0 Å². The van der Waals surface area contributed by atoms with E-state index in [1.54, 1.807) is 12.1 Å². The third-order valence-corrected chi connectivity index (χ3v) is 5.97. The summed E-state index contributed by atoms with van der Waals surface area (Å²) in [6.07, 6.45) is 2.06. The number of hydrogen-bond acceptors (Lipinski definition) is 5. The van der Waals surface area contributed by atoms with E-state index in [4.69, 9.17) is 21.5 Å². The number of halogens is 1. The molecule has 28 heavy (non-hydrogen) atoms. The number of hydrogen-bond donors (Lipinski definition) is 1. The Morgan fingerprint density at radius 1 is 1.14 bits per heavy atom. The van der Waals surface area contributed by atoms with Gasteiger partial charge in [-0.05, 0) is 55.2 Å². The Hall–Kier alpha value is -2.22. The lowest BCUT2D eigenvalue weighted by molar-refractivity contribution is 0.413. The van der Waals surface area contributed by atoms with E-state index < -0.39 is 10.0 Å². The van der Waals surface area contributed by atoms with Crippen molar-refractivity contribution in [1.29, 1.82) is 0 Å². The van der Waals surface area contributed by atoms with Crippen LogP contribution in [-0.2, 0) is 16.4 Å². The fourth-order valence-corrected chi connectivity index (χ4v) is 4.30. The van der Waals surface area contributed by atoms with Crippen molar-refractivity contribution in [2.45, 2.75) is 37.0 Å². The van der Waals surface area contributed by atoms with Gasteiger partial charge in [0.15, 0.2) is 5.15 Å². The van der Waals surface area contributed by atoms with Crippen molar-refractivity contribution in [3.63, 3.8) is 0 Å². The molecule has 6 nitrogen and oxygen atoms in total. The second-order valence-corrected chi connectivity index (χ2v) is 8.59. The summed E-state index contributed by atoms with van der Waals surface area (Å²) in [5.74, 6) is 0.673. The van der Waals surface area contributed by atoms with Crippen molar-refractivity contribution in [3.8, 4) is 5.75 Å². The number of sulfonamides is 1. The van der Waals surface area contributed by atoms with Crippen molar-refractivity contribution >= 4 is 32.7 Å². The summed E-state index contributed by atoms with van der Waals surface area (Å²) >= 11 is 6.33. The minimum absolute atomic E-state index is 0.0770. The molecule has 0 spiro atoms. The van der Waals surface area contributed by atoms with Crippen LogP contribution in [0.5, 0.6) is 5.75 Å². The van der Waals surface area contributed by atoms with Crippen LogP contribution in [-0.4, -0.2) is 25.5 Å². The van der Waals surface area contributed by atoms with E-state index in [2.05, 4.69) is 9.97 Å². The Morgan fingerprint density at radius 2 is 1.82 bits per heavy atom. The first-order valence-electron chi connectivity index (χ1n) is 8.91. The summed E-state index contributed by atoms with van der Waals surface area (Å²) in [5, 5.41) is 5.74. The lowest BCUT2D eigenvalue weighted by Gasteiger charge is -2.14. The Labute approximate surface area is 169 Å². The van der Waals surface area contributed by atoms with Crippen molar-refractivity contribution in [1.82, 2.24) is 9.97 Å². The highest BCUT2D eigenvalue weighted by atomic mass is 35.5. The smallest absolute Gasteiger partial charge is 0.238 e. The minimum Gasteiger partial charge on any atom is -0.497 e. The molecule has 0 fully saturated rings. The van der Waals surface area contributed by atoms with E-state index in [0.29, 0.717) is 22.9 Å². The van der Waals surface area contributed by atoms with E-state index in [-0.39, 0.29) is 10.8 Å². The lowest BCUT2D eigenvalue weighted by atomic mass is 9.98. The molecule has 148 valence electrons. The first-order valence-corrected chi connectivity index (χ1v) is 10.8. The van der Waals surface area contributed by atoms with Gasteiger partial charge in [0.1, 0.15) is 5.75 Å². The number of rotatable bonds is 7. The Kier molecular flexibility index (Phi) is 6.17. The Balaban J connectivity index is 1.76. The molecule has 1 atom stereocenters. The fraction of sp³-hybridized carbons (Fsp3) is 0.300. The number of nitrogens with zero attached hydrogens (tertiary/aromatic N) is 2. The number of aromatic nitrogens is 2. The molecule has 3 rings (SSSR count). The molecule has 0 aliphatic rings. The largest absolute Gasteiger partial charge is 0.497 e. The average Bonchev–Trinajstić information content (AvgIpc) is 2.66. The van der Waals surface area contributed by atoms with Gasteiger partial charge in [-0.15, -0.1) is 0 Å². The van der Waals surface area contributed by atoms with Gasteiger partial charge in [0.05, 0.1) is 28.7 Å². The van der Waals surface area contributed by atoms with E-state index in [1.165, 1.54) is 13.2 Å². The van der Waals surface area contributed by atoms with Crippen LogP contribution in [0, 0.1) is 0 Å². The number of para-hydroxylation sites is 2. The number of ether oxygens (including phenoxy) is 1. The van der Waals surface area contributed by atoms with Gasteiger partial charge in [-0.3, -0.25) is 0 Å². The van der Waals surface area contributed by atoms with Crippen LogP contribution in [0.2, 0.25) is 5.15 Å². The standard InChI is InChI=1S/C20H22ClN3O3S/c1-13(19-20(21)24-17-9-4-3-8-16(17)23-19)6-5-7-14-12-15(27-2)10-11-18(14)28(22,25)26/h3-4,8-13H,5-7H2,1-2H3,(H2,22,25,26). The minimum atomic E-state index is -3.79. The zero-order valence-electron chi connectivity index (χ0n) is 15.7. The van der Waals surface area contributed by atoms with Crippen LogP contribution in [0.4, 0.5) is 0 Å². The molecule has 0 amide bonds. The van der Waals surface area contributed by atoms with Crippen LogP contribution in [0.25, 0.3) is 11.0 Å². The fourth-order valence-electron chi connectivity index (χ4n) is 3.20. The van der Waals surface area contributed by atoms with Gasteiger partial charge in [0.2, 0.25) is 10.0 Å². The maximum Gasteiger partial charge on any atom is 0.238 e. The molecular weight excluding hydrogens is 398 g/mol. The molecular formula is C20H22ClN3O3S. The molecule has 8 heteroatoms. The monoisotopic (exact) mass is 419 g/mol. The maximum atomic E-state index is 11.8. The predicted octanol–water partition coefficient (Wildman–Crippen LogP) is 4.07. The lowest BCUT2D eigenvalue weighted by Crippen LogP contribution is -2.14. The molecule has 1 unspecified atom stereocenters. The molecule has 2 N–H and O–H groups in total. The molecule has 0 bridgehead atoms. The van der Waals surface area contributed by atoms with Crippen molar-refractivity contribution in [2.24, 2.45) is 5.14 Å². The van der Waals surface area contributed by atoms with Crippen molar-refractivity contribution < 1.29 is 13.2 Å². The molecule has 0 saturated heterocycles. The second kappa shape index (κ2) is 8.43. The van der Waals surface area contributed by atoms with Gasteiger partial charge < -0.3 is 4.74 Å². The van der Waals surface area contributed by atoms with Crippen LogP contribution < -0.4 is 9.88 Å². The van der Waals surface area contributed by atoms with Crippen LogP contribution in [0.15, 0.2) is 47.4 Å². The maximum absolute atomic E-state index is 11.8. The summed E-state index contributed by atoms with van der Waals surface area (Å²) < 4.78 is 28.9. The molecule has 0 radical (unpaired) electrons. The number of nitrogens with two attached hydrogens (primary N) is 1. The Morgan fingerprint density at radius 3 is 2.46 bits per heavy atom. The zero-order valence-corrected chi connectivity index (χ0v) is 17.3.